The van der Waals surface area contributed by atoms with Crippen LogP contribution in [0, 0.1) is 0 Å². The first-order chi connectivity index (χ1) is 11.5. The van der Waals surface area contributed by atoms with Gasteiger partial charge < -0.3 is 10.4 Å². The van der Waals surface area contributed by atoms with Crippen LogP contribution in [-0.2, 0) is 9.59 Å². The number of carbonyl (C=O) groups excluding carboxylic acids is 1. The number of rotatable bonds is 5. The van der Waals surface area contributed by atoms with Crippen molar-refractivity contribution in [1.29, 1.82) is 0 Å². The smallest absolute Gasteiger partial charge is 0.303 e. The van der Waals surface area contributed by atoms with Gasteiger partial charge in [-0.3, -0.25) is 14.9 Å². The molecule has 1 aliphatic heterocycles. The van der Waals surface area contributed by atoms with Crippen LogP contribution < -0.4 is 10.6 Å². The standard InChI is InChI=1S/C16H17N5O3/c1-10-9-12(11-5-3-2-4-6-11)21-16(17-10)19-15(20-21)18-13(22)7-8-14(23)24/h2-6,9,12H,7-8H2,1H3,(H,23,24)(H2,17,18,19,20,22)/t12-/m0/s1. The molecule has 2 aromatic rings. The van der Waals surface area contributed by atoms with Crippen molar-refractivity contribution >= 4 is 23.8 Å². The number of allylic oxidation sites excluding steroid dienone is 2. The highest BCUT2D eigenvalue weighted by Gasteiger charge is 2.23. The number of aromatic nitrogens is 3. The first kappa shape index (κ1) is 15.7. The summed E-state index contributed by atoms with van der Waals surface area (Å²) in [5, 5.41) is 18.6. The Labute approximate surface area is 138 Å². The van der Waals surface area contributed by atoms with Crippen molar-refractivity contribution in [2.75, 3.05) is 10.6 Å². The van der Waals surface area contributed by atoms with Crippen LogP contribution in [0.25, 0.3) is 0 Å². The van der Waals surface area contributed by atoms with Gasteiger partial charge in [0.2, 0.25) is 11.9 Å². The predicted molar refractivity (Wildman–Crippen MR) is 87.5 cm³/mol. The van der Waals surface area contributed by atoms with Crippen molar-refractivity contribution in [3.8, 4) is 0 Å². The molecule has 3 rings (SSSR count). The fourth-order valence-corrected chi connectivity index (χ4v) is 2.48. The van der Waals surface area contributed by atoms with Gasteiger partial charge in [0.1, 0.15) is 6.04 Å². The lowest BCUT2D eigenvalue weighted by Gasteiger charge is -2.22. The molecule has 124 valence electrons. The normalized spacial score (nSPS) is 15.9. The molecule has 1 atom stereocenters. The molecule has 0 bridgehead atoms. The number of aliphatic carboxylic acids is 1. The lowest BCUT2D eigenvalue weighted by Crippen LogP contribution is -2.19. The van der Waals surface area contributed by atoms with Crippen molar-refractivity contribution in [3.05, 3.63) is 47.7 Å². The number of nitrogens with one attached hydrogen (secondary N) is 2. The van der Waals surface area contributed by atoms with E-state index in [1.165, 1.54) is 0 Å². The predicted octanol–water partition coefficient (Wildman–Crippen LogP) is 2.00. The first-order valence-electron chi connectivity index (χ1n) is 7.51. The van der Waals surface area contributed by atoms with Crippen LogP contribution in [0.2, 0.25) is 0 Å². The van der Waals surface area contributed by atoms with E-state index >= 15 is 0 Å². The quantitative estimate of drug-likeness (QED) is 0.775. The SMILES string of the molecule is CC1=C[C@@H](c2ccccc2)n2nc(NC(=O)CCC(=O)O)nc2N1. The summed E-state index contributed by atoms with van der Waals surface area (Å²) >= 11 is 0. The molecule has 0 aliphatic carbocycles. The third-order valence-corrected chi connectivity index (χ3v) is 3.57. The zero-order valence-electron chi connectivity index (χ0n) is 13.1. The second-order valence-corrected chi connectivity index (χ2v) is 5.48. The second-order valence-electron chi connectivity index (χ2n) is 5.48. The third-order valence-electron chi connectivity index (χ3n) is 3.57. The molecular weight excluding hydrogens is 310 g/mol. The molecule has 8 nitrogen and oxygen atoms in total. The van der Waals surface area contributed by atoms with Crippen LogP contribution in [0.3, 0.4) is 0 Å². The van der Waals surface area contributed by atoms with E-state index < -0.39 is 11.9 Å². The molecule has 0 unspecified atom stereocenters. The minimum atomic E-state index is -1.02. The number of amides is 1. The number of hydrogen-bond donors (Lipinski definition) is 3. The van der Waals surface area contributed by atoms with Crippen molar-refractivity contribution in [2.45, 2.75) is 25.8 Å². The average Bonchev–Trinajstić information content (AvgIpc) is 2.95. The van der Waals surface area contributed by atoms with Gasteiger partial charge in [-0.15, -0.1) is 5.10 Å². The molecule has 0 saturated heterocycles. The lowest BCUT2D eigenvalue weighted by molar-refractivity contribution is -0.138. The number of carboxylic acids is 1. The summed E-state index contributed by atoms with van der Waals surface area (Å²) in [6.07, 6.45) is 1.67. The maximum Gasteiger partial charge on any atom is 0.303 e. The van der Waals surface area contributed by atoms with E-state index in [0.29, 0.717) is 5.95 Å². The van der Waals surface area contributed by atoms with E-state index in [1.54, 1.807) is 4.68 Å². The molecule has 0 fully saturated rings. The Kier molecular flexibility index (Phi) is 4.28. The van der Waals surface area contributed by atoms with Gasteiger partial charge in [0.25, 0.3) is 5.95 Å². The summed E-state index contributed by atoms with van der Waals surface area (Å²) in [5.74, 6) is -0.775. The monoisotopic (exact) mass is 327 g/mol. The molecule has 2 heterocycles. The molecule has 24 heavy (non-hydrogen) atoms. The second kappa shape index (κ2) is 6.53. The number of fused-ring (bicyclic) bond motifs is 1. The largest absolute Gasteiger partial charge is 0.481 e. The van der Waals surface area contributed by atoms with Crippen LogP contribution >= 0.6 is 0 Å². The lowest BCUT2D eigenvalue weighted by atomic mass is 10.1. The van der Waals surface area contributed by atoms with Crippen molar-refractivity contribution in [3.63, 3.8) is 0 Å². The number of benzene rings is 1. The molecule has 1 aromatic heterocycles. The number of anilines is 2. The van der Waals surface area contributed by atoms with Crippen LogP contribution in [0.1, 0.15) is 31.4 Å². The van der Waals surface area contributed by atoms with E-state index in [-0.39, 0.29) is 24.8 Å². The minimum absolute atomic E-state index is 0.119. The Balaban J connectivity index is 1.81. The van der Waals surface area contributed by atoms with Gasteiger partial charge in [0.05, 0.1) is 6.42 Å². The molecule has 1 aromatic carbocycles. The number of nitrogens with zero attached hydrogens (tertiary/aromatic N) is 3. The van der Waals surface area contributed by atoms with Crippen LogP contribution in [0.5, 0.6) is 0 Å². The summed E-state index contributed by atoms with van der Waals surface area (Å²) < 4.78 is 1.69. The van der Waals surface area contributed by atoms with Gasteiger partial charge in [-0.1, -0.05) is 30.3 Å². The van der Waals surface area contributed by atoms with Gasteiger partial charge in [-0.25, -0.2) is 4.68 Å². The molecule has 3 N–H and O–H groups in total. The van der Waals surface area contributed by atoms with Crippen LogP contribution in [-0.4, -0.2) is 31.7 Å². The van der Waals surface area contributed by atoms with E-state index in [2.05, 4.69) is 20.7 Å². The van der Waals surface area contributed by atoms with E-state index in [4.69, 9.17) is 5.11 Å². The number of hydrogen-bond acceptors (Lipinski definition) is 5. The maximum atomic E-state index is 11.7. The first-order valence-corrected chi connectivity index (χ1v) is 7.51. The molecule has 1 amide bonds. The Morgan fingerprint density at radius 1 is 1.29 bits per heavy atom. The molecule has 0 radical (unpaired) electrons. The van der Waals surface area contributed by atoms with Crippen molar-refractivity contribution in [1.82, 2.24) is 14.8 Å². The molecule has 0 spiro atoms. The minimum Gasteiger partial charge on any atom is -0.481 e. The van der Waals surface area contributed by atoms with Crippen molar-refractivity contribution in [2.24, 2.45) is 0 Å². The fraction of sp³-hybridized carbons (Fsp3) is 0.250. The third kappa shape index (κ3) is 3.43. The van der Waals surface area contributed by atoms with Gasteiger partial charge in [-0.05, 0) is 18.6 Å². The van der Waals surface area contributed by atoms with Gasteiger partial charge in [-0.2, -0.15) is 4.98 Å². The zero-order chi connectivity index (χ0) is 17.1. The highest BCUT2D eigenvalue weighted by molar-refractivity contribution is 5.91. The van der Waals surface area contributed by atoms with Crippen molar-refractivity contribution < 1.29 is 14.7 Å². The summed E-state index contributed by atoms with van der Waals surface area (Å²) in [6, 6.07) is 9.71. The molecule has 0 saturated carbocycles. The average molecular weight is 327 g/mol. The summed E-state index contributed by atoms with van der Waals surface area (Å²) in [5.41, 5.74) is 1.99. The zero-order valence-corrected chi connectivity index (χ0v) is 13.1. The Bertz CT molecular complexity index is 797. The van der Waals surface area contributed by atoms with E-state index in [1.807, 2.05) is 43.3 Å². The van der Waals surface area contributed by atoms with Crippen LogP contribution in [0.15, 0.2) is 42.1 Å². The number of carboxylic acid groups (broad SMARTS) is 1. The van der Waals surface area contributed by atoms with E-state index in [9.17, 15) is 9.59 Å². The van der Waals surface area contributed by atoms with Crippen LogP contribution in [0.4, 0.5) is 11.9 Å². The Morgan fingerprint density at radius 3 is 2.75 bits per heavy atom. The molecule has 1 aliphatic rings. The maximum absolute atomic E-state index is 11.7. The van der Waals surface area contributed by atoms with Gasteiger partial charge in [0.15, 0.2) is 0 Å². The Hall–Kier alpha value is -3.16. The fourth-order valence-electron chi connectivity index (χ4n) is 2.48. The summed E-state index contributed by atoms with van der Waals surface area (Å²) in [6.45, 7) is 1.93. The summed E-state index contributed by atoms with van der Waals surface area (Å²) in [7, 11) is 0. The Morgan fingerprint density at radius 2 is 2.04 bits per heavy atom. The topological polar surface area (TPSA) is 109 Å². The highest BCUT2D eigenvalue weighted by Crippen LogP contribution is 2.29. The summed E-state index contributed by atoms with van der Waals surface area (Å²) in [4.78, 5) is 26.5. The molecule has 8 heteroatoms. The van der Waals surface area contributed by atoms with E-state index in [0.717, 1.165) is 11.3 Å². The molecular formula is C16H17N5O3. The van der Waals surface area contributed by atoms with Gasteiger partial charge in [0, 0.05) is 12.1 Å². The highest BCUT2D eigenvalue weighted by atomic mass is 16.4. The number of carbonyl (C=O) groups is 2. The van der Waals surface area contributed by atoms with Gasteiger partial charge >= 0.3 is 5.97 Å².